The van der Waals surface area contributed by atoms with Gasteiger partial charge in [-0.15, -0.1) is 0 Å². The number of aliphatic hydroxyl groups excluding tert-OH is 1. The Morgan fingerprint density at radius 2 is 1.68 bits per heavy atom. The molecule has 0 spiro atoms. The van der Waals surface area contributed by atoms with Gasteiger partial charge < -0.3 is 33.1 Å². The highest BCUT2D eigenvalue weighted by Gasteiger charge is 2.56. The molecule has 0 aromatic rings. The number of ether oxygens (including phenoxy) is 4. The second-order valence-electron chi connectivity index (χ2n) is 6.25. The standard InChI is InChI=1S/C13H25O8P/c1-12(2)18-7-8(19-12)9-10(21-13(3,4)20-9)11(14)22(15,16-5)17-6/h8-11,14H,7H2,1-6H3/t8-,9-,10+,11+/m1/s1. The van der Waals surface area contributed by atoms with Crippen molar-refractivity contribution >= 4 is 7.60 Å². The fourth-order valence-electron chi connectivity index (χ4n) is 2.68. The van der Waals surface area contributed by atoms with E-state index in [0.717, 1.165) is 0 Å². The van der Waals surface area contributed by atoms with E-state index in [9.17, 15) is 9.67 Å². The summed E-state index contributed by atoms with van der Waals surface area (Å²) < 4.78 is 45.0. The van der Waals surface area contributed by atoms with Crippen molar-refractivity contribution in [1.82, 2.24) is 0 Å². The van der Waals surface area contributed by atoms with Crippen LogP contribution in [-0.2, 0) is 32.6 Å². The van der Waals surface area contributed by atoms with Crippen LogP contribution in [0.5, 0.6) is 0 Å². The predicted molar refractivity (Wildman–Crippen MR) is 76.4 cm³/mol. The summed E-state index contributed by atoms with van der Waals surface area (Å²) in [6.07, 6.45) is -2.05. The van der Waals surface area contributed by atoms with E-state index in [1.807, 2.05) is 0 Å². The summed E-state index contributed by atoms with van der Waals surface area (Å²) in [7, 11) is -1.31. The van der Waals surface area contributed by atoms with Gasteiger partial charge >= 0.3 is 7.60 Å². The van der Waals surface area contributed by atoms with E-state index in [1.54, 1.807) is 27.7 Å². The van der Waals surface area contributed by atoms with Crippen LogP contribution < -0.4 is 0 Å². The second-order valence-corrected chi connectivity index (χ2v) is 8.59. The van der Waals surface area contributed by atoms with Gasteiger partial charge in [-0.1, -0.05) is 0 Å². The molecule has 0 saturated carbocycles. The summed E-state index contributed by atoms with van der Waals surface area (Å²) in [5, 5.41) is 10.4. The van der Waals surface area contributed by atoms with Crippen molar-refractivity contribution in [2.45, 2.75) is 63.4 Å². The zero-order valence-electron chi connectivity index (χ0n) is 13.8. The Kier molecular flexibility index (Phi) is 5.08. The van der Waals surface area contributed by atoms with E-state index in [-0.39, 0.29) is 6.61 Å². The van der Waals surface area contributed by atoms with Crippen LogP contribution in [-0.4, -0.2) is 61.7 Å². The number of aliphatic hydroxyl groups is 1. The molecule has 2 fully saturated rings. The normalized spacial score (nSPS) is 35.7. The molecular weight excluding hydrogens is 315 g/mol. The Morgan fingerprint density at radius 1 is 1.09 bits per heavy atom. The van der Waals surface area contributed by atoms with Crippen LogP contribution in [0.1, 0.15) is 27.7 Å². The molecule has 0 amide bonds. The summed E-state index contributed by atoms with van der Waals surface area (Å²) in [6, 6.07) is 0. The maximum Gasteiger partial charge on any atom is 0.361 e. The smallest absolute Gasteiger partial charge is 0.361 e. The van der Waals surface area contributed by atoms with Crippen LogP contribution in [0.2, 0.25) is 0 Å². The Balaban J connectivity index is 2.22. The summed E-state index contributed by atoms with van der Waals surface area (Å²) in [6.45, 7) is 7.27. The molecule has 22 heavy (non-hydrogen) atoms. The molecule has 4 atom stereocenters. The number of hydrogen-bond donors (Lipinski definition) is 1. The first-order valence-corrected chi connectivity index (χ1v) is 8.71. The first-order chi connectivity index (χ1) is 10.0. The molecule has 9 heteroatoms. The molecule has 0 aromatic heterocycles. The van der Waals surface area contributed by atoms with Crippen LogP contribution in [0.4, 0.5) is 0 Å². The fourth-order valence-corrected chi connectivity index (χ4v) is 3.85. The molecule has 0 aromatic carbocycles. The lowest BCUT2D eigenvalue weighted by atomic mass is 10.1. The minimum absolute atomic E-state index is 0.282. The van der Waals surface area contributed by atoms with Crippen LogP contribution in [0.15, 0.2) is 0 Å². The van der Waals surface area contributed by atoms with Gasteiger partial charge in [0, 0.05) is 14.2 Å². The largest absolute Gasteiger partial charge is 0.378 e. The van der Waals surface area contributed by atoms with Gasteiger partial charge in [0.05, 0.1) is 6.61 Å². The van der Waals surface area contributed by atoms with E-state index in [2.05, 4.69) is 0 Å². The van der Waals surface area contributed by atoms with Gasteiger partial charge in [-0.05, 0) is 27.7 Å². The predicted octanol–water partition coefficient (Wildman–Crippen LogP) is 1.46. The summed E-state index contributed by atoms with van der Waals surface area (Å²) in [4.78, 5) is 0. The average Bonchev–Trinajstić information content (AvgIpc) is 2.96. The third-order valence-corrected chi connectivity index (χ3v) is 5.65. The molecular formula is C13H25O8P. The molecule has 130 valence electrons. The van der Waals surface area contributed by atoms with Crippen molar-refractivity contribution in [3.8, 4) is 0 Å². The Bertz CT molecular complexity index is 443. The highest BCUT2D eigenvalue weighted by molar-refractivity contribution is 7.54. The third kappa shape index (κ3) is 3.55. The van der Waals surface area contributed by atoms with Crippen LogP contribution in [0.25, 0.3) is 0 Å². The molecule has 8 nitrogen and oxygen atoms in total. The number of hydrogen-bond acceptors (Lipinski definition) is 8. The molecule has 0 unspecified atom stereocenters. The zero-order valence-corrected chi connectivity index (χ0v) is 14.7. The van der Waals surface area contributed by atoms with E-state index < -0.39 is 43.3 Å². The SMILES string of the molecule is COP(=O)(OC)[C@H](O)[C@H]1OC(C)(C)O[C@@H]1[C@H]1COC(C)(C)O1. The Labute approximate surface area is 130 Å². The van der Waals surface area contributed by atoms with E-state index in [1.165, 1.54) is 14.2 Å². The van der Waals surface area contributed by atoms with Gasteiger partial charge in [0.2, 0.25) is 0 Å². The molecule has 2 aliphatic rings. The van der Waals surface area contributed by atoms with Crippen LogP contribution in [0.3, 0.4) is 0 Å². The molecule has 0 bridgehead atoms. The van der Waals surface area contributed by atoms with Crippen molar-refractivity contribution in [1.29, 1.82) is 0 Å². The Hall–Kier alpha value is -0.0500. The van der Waals surface area contributed by atoms with Crippen LogP contribution >= 0.6 is 7.60 Å². The van der Waals surface area contributed by atoms with Crippen LogP contribution in [0, 0.1) is 0 Å². The van der Waals surface area contributed by atoms with Crippen molar-refractivity contribution in [2.24, 2.45) is 0 Å². The van der Waals surface area contributed by atoms with E-state index in [4.69, 9.17) is 28.0 Å². The summed E-state index contributed by atoms with van der Waals surface area (Å²) in [5.41, 5.74) is 0. The fraction of sp³-hybridized carbons (Fsp3) is 1.00. The highest BCUT2D eigenvalue weighted by atomic mass is 31.2. The maximum absolute atomic E-state index is 12.4. The molecule has 2 aliphatic heterocycles. The molecule has 2 saturated heterocycles. The lowest BCUT2D eigenvalue weighted by Crippen LogP contribution is -2.44. The quantitative estimate of drug-likeness (QED) is 0.752. The lowest BCUT2D eigenvalue weighted by Gasteiger charge is -2.29. The van der Waals surface area contributed by atoms with Gasteiger partial charge in [0.1, 0.15) is 18.3 Å². The van der Waals surface area contributed by atoms with Gasteiger partial charge in [-0.25, -0.2) is 0 Å². The maximum atomic E-state index is 12.4. The van der Waals surface area contributed by atoms with Crippen molar-refractivity contribution in [2.75, 3.05) is 20.8 Å². The molecule has 0 aliphatic carbocycles. The van der Waals surface area contributed by atoms with Gasteiger partial charge in [0.15, 0.2) is 17.4 Å². The van der Waals surface area contributed by atoms with Gasteiger partial charge in [-0.3, -0.25) is 4.57 Å². The molecule has 2 rings (SSSR count). The summed E-state index contributed by atoms with van der Waals surface area (Å²) in [5.74, 6) is -3.21. The first-order valence-electron chi connectivity index (χ1n) is 7.10. The van der Waals surface area contributed by atoms with Crippen molar-refractivity contribution < 1.29 is 37.7 Å². The monoisotopic (exact) mass is 340 g/mol. The average molecular weight is 340 g/mol. The topological polar surface area (TPSA) is 92.7 Å². The molecule has 1 N–H and O–H groups in total. The Morgan fingerprint density at radius 3 is 2.14 bits per heavy atom. The molecule has 2 heterocycles. The minimum Gasteiger partial charge on any atom is -0.378 e. The van der Waals surface area contributed by atoms with Crippen molar-refractivity contribution in [3.63, 3.8) is 0 Å². The van der Waals surface area contributed by atoms with E-state index in [0.29, 0.717) is 0 Å². The van der Waals surface area contributed by atoms with Gasteiger partial charge in [0.25, 0.3) is 0 Å². The third-order valence-electron chi connectivity index (χ3n) is 3.69. The van der Waals surface area contributed by atoms with E-state index >= 15 is 0 Å². The van der Waals surface area contributed by atoms with Gasteiger partial charge in [-0.2, -0.15) is 0 Å². The molecule has 0 radical (unpaired) electrons. The highest BCUT2D eigenvalue weighted by Crippen LogP contribution is 2.54. The zero-order chi connectivity index (χ0) is 16.8. The minimum atomic E-state index is -3.73. The number of rotatable bonds is 5. The summed E-state index contributed by atoms with van der Waals surface area (Å²) >= 11 is 0. The first kappa shape index (κ1) is 18.3. The van der Waals surface area contributed by atoms with Crippen molar-refractivity contribution in [3.05, 3.63) is 0 Å². The second kappa shape index (κ2) is 6.11. The lowest BCUT2D eigenvalue weighted by molar-refractivity contribution is -0.175.